The van der Waals surface area contributed by atoms with Gasteiger partial charge in [-0.15, -0.1) is 5.06 Å². The van der Waals surface area contributed by atoms with Crippen molar-refractivity contribution in [3.63, 3.8) is 0 Å². The molecule has 0 saturated carbocycles. The zero-order valence-electron chi connectivity index (χ0n) is 37.2. The van der Waals surface area contributed by atoms with Crippen LogP contribution in [0.4, 0.5) is 28.0 Å². The number of unbranched alkanes of at least 4 members (excludes halogenated alkanes) is 4. The van der Waals surface area contributed by atoms with Crippen LogP contribution in [-0.4, -0.2) is 131 Å². The third-order valence-electron chi connectivity index (χ3n) is 10.5. The summed E-state index contributed by atoms with van der Waals surface area (Å²) in [5.41, 5.74) is 5.14. The maximum Gasteiger partial charge on any atom is 1.00 e. The fourth-order valence-corrected chi connectivity index (χ4v) is 11.2. The van der Waals surface area contributed by atoms with Gasteiger partial charge in [-0.05, 0) is 50.5 Å². The molecule has 0 aliphatic carbocycles. The molecule has 1 aromatic carbocycles. The van der Waals surface area contributed by atoms with Crippen LogP contribution in [0.3, 0.4) is 0 Å². The summed E-state index contributed by atoms with van der Waals surface area (Å²) >= 11 is 1.83. The summed E-state index contributed by atoms with van der Waals surface area (Å²) in [7, 11) is -2.96. The molecule has 0 spiro atoms. The van der Waals surface area contributed by atoms with Gasteiger partial charge in [-0.3, -0.25) is 28.8 Å². The fraction of sp³-hybridized carbons (Fsp3) is 0.632. The Balaban J connectivity index is 0.0000126. The molecule has 1 unspecified atom stereocenters. The third kappa shape index (κ3) is 18.3. The number of halogens is 4. The summed E-state index contributed by atoms with van der Waals surface area (Å²) in [6.07, 6.45) is 3.94. The Morgan fingerprint density at radius 3 is 2.10 bits per heavy atom. The molecule has 3 saturated heterocycles. The quantitative estimate of drug-likeness (QED) is 0.00526. The van der Waals surface area contributed by atoms with Gasteiger partial charge in [-0.1, -0.05) is 39.5 Å². The Morgan fingerprint density at radius 1 is 0.855 bits per heavy atom. The Morgan fingerprint density at radius 2 is 1.48 bits per heavy atom. The van der Waals surface area contributed by atoms with Crippen LogP contribution in [-0.2, 0) is 43.7 Å². The first-order valence-electron chi connectivity index (χ1n) is 21.3. The standard InChI is InChI=1S/C38H50F4N10O12S4.Na/c39-29-28(30(40)32(42)34(31(29)41)50-51-43)36(58)47-20(35(57)46-15-17-67-66-16-12-27(56)64-52-26(55)18-23(37(52)59)68(61,62)63)8-5-7-14-45-24(53)10-2-1-6-13-44-25(54)11-4-3-9-22-33-21(19-65-22)48-38(60)49-33;/h20-23,33H,1-19H2,(H,44,54)(H,45,53)(H,46,57)(H,47,58)(H2,48,49,60)(H,61,62,63);/q;+1/p-1/t20-,21-,22-,23?,33-;/m0./s1. The second-order valence-electron chi connectivity index (χ2n) is 15.4. The number of hydrogen-bond donors (Lipinski definition) is 6. The van der Waals surface area contributed by atoms with Crippen LogP contribution >= 0.6 is 33.3 Å². The zero-order chi connectivity index (χ0) is 50.0. The maximum atomic E-state index is 14.8. The number of azide groups is 1. The number of nitrogens with one attached hydrogen (secondary N) is 6. The van der Waals surface area contributed by atoms with E-state index in [1.165, 1.54) is 0 Å². The summed E-state index contributed by atoms with van der Waals surface area (Å²) < 4.78 is 91.9. The zero-order valence-corrected chi connectivity index (χ0v) is 42.4. The predicted octanol–water partition coefficient (Wildman–Crippen LogP) is -0.00530. The van der Waals surface area contributed by atoms with Gasteiger partial charge in [-0.2, -0.15) is 11.8 Å². The van der Waals surface area contributed by atoms with Gasteiger partial charge in [-0.25, -0.2) is 35.6 Å². The van der Waals surface area contributed by atoms with Gasteiger partial charge in [0.2, 0.25) is 17.7 Å². The van der Waals surface area contributed by atoms with Gasteiger partial charge in [0.05, 0.1) is 24.9 Å². The smallest absolute Gasteiger partial charge is 0.747 e. The minimum absolute atomic E-state index is 0. The molecule has 376 valence electrons. The van der Waals surface area contributed by atoms with E-state index in [1.54, 1.807) is 0 Å². The van der Waals surface area contributed by atoms with E-state index in [9.17, 15) is 68.9 Å². The predicted molar refractivity (Wildman–Crippen MR) is 237 cm³/mol. The molecule has 3 aliphatic rings. The number of imide groups is 1. The molecule has 1 aromatic rings. The first kappa shape index (κ1) is 59.3. The average Bonchev–Trinajstić information content (AvgIpc) is 3.94. The molecule has 3 aliphatic heterocycles. The first-order valence-corrected chi connectivity index (χ1v) is 26.3. The molecular formula is C38H49F4N10NaO12S4. The van der Waals surface area contributed by atoms with Crippen LogP contribution < -0.4 is 61.5 Å². The van der Waals surface area contributed by atoms with Gasteiger partial charge >= 0.3 is 41.6 Å². The number of amides is 8. The summed E-state index contributed by atoms with van der Waals surface area (Å²) in [5.74, 6) is -14.2. The third-order valence-corrected chi connectivity index (χ3v) is 15.5. The van der Waals surface area contributed by atoms with E-state index in [1.807, 2.05) is 11.8 Å². The van der Waals surface area contributed by atoms with Gasteiger partial charge in [0.25, 0.3) is 17.7 Å². The summed E-state index contributed by atoms with van der Waals surface area (Å²) in [6.45, 7) is 0.540. The Labute approximate surface area is 427 Å². The first-order chi connectivity index (χ1) is 32.3. The van der Waals surface area contributed by atoms with E-state index in [0.717, 1.165) is 46.6 Å². The second kappa shape index (κ2) is 29.3. The number of carbonyl (C=O) groups is 8. The monoisotopic (exact) mass is 1060 g/mol. The molecule has 5 atom stereocenters. The van der Waals surface area contributed by atoms with Crippen molar-refractivity contribution in [1.82, 2.24) is 37.0 Å². The SMILES string of the molecule is [N-]=[N+]=Nc1c(F)c(F)c(C(=O)N[C@@H](CCCCNC(=O)CCCCCNC(=O)CCCC[C@@H]2SC[C@@H]3NC(=O)N[C@@H]32)C(=O)NCCSSCCC(=O)ON2C(=O)CC(S(=O)(=O)[O-])C2=O)c(F)c1F.[Na+]. The van der Waals surface area contributed by atoms with E-state index >= 15 is 0 Å². The Hall–Kier alpha value is -4.03. The maximum absolute atomic E-state index is 14.8. The van der Waals surface area contributed by atoms with Crippen molar-refractivity contribution in [3.8, 4) is 0 Å². The Kier molecular flexibility index (Phi) is 25.2. The van der Waals surface area contributed by atoms with Gasteiger partial charge in [0.15, 0.2) is 23.3 Å². The van der Waals surface area contributed by atoms with Gasteiger partial charge in [0, 0.05) is 59.9 Å². The van der Waals surface area contributed by atoms with Crippen molar-refractivity contribution in [1.29, 1.82) is 0 Å². The number of benzene rings is 1. The number of hydrogen-bond acceptors (Lipinski definition) is 16. The average molecular weight is 1070 g/mol. The molecule has 0 radical (unpaired) electrons. The van der Waals surface area contributed by atoms with Crippen molar-refractivity contribution in [2.45, 2.75) is 112 Å². The number of rotatable bonds is 29. The van der Waals surface area contributed by atoms with E-state index in [0.29, 0.717) is 37.5 Å². The molecule has 8 amide bonds. The number of urea groups is 1. The number of thioether (sulfide) groups is 1. The van der Waals surface area contributed by atoms with Gasteiger partial charge < -0.3 is 41.3 Å². The van der Waals surface area contributed by atoms with Crippen LogP contribution in [0.1, 0.15) is 93.8 Å². The van der Waals surface area contributed by atoms with Crippen LogP contribution in [0.25, 0.3) is 10.4 Å². The van der Waals surface area contributed by atoms with Crippen LogP contribution in [0.5, 0.6) is 0 Å². The van der Waals surface area contributed by atoms with Crippen molar-refractivity contribution in [2.24, 2.45) is 5.11 Å². The topological polar surface area (TPSA) is 327 Å². The van der Waals surface area contributed by atoms with Gasteiger partial charge in [0.1, 0.15) is 32.7 Å². The van der Waals surface area contributed by atoms with Crippen molar-refractivity contribution < 1.29 is 103 Å². The molecule has 31 heteroatoms. The van der Waals surface area contributed by atoms with Crippen molar-refractivity contribution in [2.75, 3.05) is 36.9 Å². The van der Waals surface area contributed by atoms with Crippen LogP contribution in [0.2, 0.25) is 0 Å². The molecule has 0 aromatic heterocycles. The van der Waals surface area contributed by atoms with Crippen LogP contribution in [0.15, 0.2) is 5.11 Å². The molecule has 69 heavy (non-hydrogen) atoms. The summed E-state index contributed by atoms with van der Waals surface area (Å²) in [5, 5.41) is 16.7. The van der Waals surface area contributed by atoms with Crippen LogP contribution in [0, 0.1) is 23.3 Å². The normalized spacial score (nSPS) is 18.8. The Bertz CT molecular complexity index is 2210. The largest absolute Gasteiger partial charge is 1.00 e. The molecule has 3 fully saturated rings. The summed E-state index contributed by atoms with van der Waals surface area (Å²) in [6, 6.07) is -1.35. The molecule has 6 N–H and O–H groups in total. The van der Waals surface area contributed by atoms with Crippen molar-refractivity contribution >= 4 is 96.6 Å². The van der Waals surface area contributed by atoms with E-state index in [4.69, 9.17) is 5.53 Å². The molecular weight excluding hydrogens is 1020 g/mol. The minimum atomic E-state index is -5.15. The van der Waals surface area contributed by atoms with E-state index < -0.39 is 91.9 Å². The van der Waals surface area contributed by atoms with Crippen molar-refractivity contribution in [3.05, 3.63) is 39.3 Å². The van der Waals surface area contributed by atoms with E-state index in [-0.39, 0.29) is 121 Å². The number of hydroxylamine groups is 2. The minimum Gasteiger partial charge on any atom is -0.747 e. The molecule has 4 rings (SSSR count). The van der Waals surface area contributed by atoms with E-state index in [2.05, 4.69) is 46.8 Å². The molecule has 3 heterocycles. The molecule has 0 bridgehead atoms. The number of carbonyl (C=O) groups excluding carboxylic acids is 8. The summed E-state index contributed by atoms with van der Waals surface area (Å²) in [4.78, 5) is 105. The second-order valence-corrected chi connectivity index (χ2v) is 21.0. The number of fused-ring (bicyclic) bond motifs is 1. The molecule has 22 nitrogen and oxygen atoms in total. The fourth-order valence-electron chi connectivity index (χ4n) is 7.05. The number of nitrogens with zero attached hydrogens (tertiary/aromatic N) is 4.